The van der Waals surface area contributed by atoms with Crippen molar-refractivity contribution in [3.63, 3.8) is 0 Å². The summed E-state index contributed by atoms with van der Waals surface area (Å²) in [4.78, 5) is 26.9. The van der Waals surface area contributed by atoms with E-state index in [9.17, 15) is 9.59 Å². The molecule has 3 heterocycles. The second-order valence-corrected chi connectivity index (χ2v) is 6.93. The van der Waals surface area contributed by atoms with Gasteiger partial charge < -0.3 is 9.32 Å². The van der Waals surface area contributed by atoms with E-state index in [1.807, 2.05) is 28.5 Å². The zero-order valence-corrected chi connectivity index (χ0v) is 14.1. The van der Waals surface area contributed by atoms with Gasteiger partial charge in [-0.1, -0.05) is 12.8 Å². The molecule has 4 nitrogen and oxygen atoms in total. The van der Waals surface area contributed by atoms with E-state index in [0.717, 1.165) is 43.6 Å². The lowest BCUT2D eigenvalue weighted by Crippen LogP contribution is -2.35. The van der Waals surface area contributed by atoms with E-state index in [2.05, 4.69) is 0 Å². The van der Waals surface area contributed by atoms with Crippen molar-refractivity contribution in [2.45, 2.75) is 45.1 Å². The molecule has 0 radical (unpaired) electrons. The molecular weight excluding hydrogens is 310 g/mol. The third kappa shape index (κ3) is 3.72. The molecule has 2 aromatic heterocycles. The molecule has 0 bridgehead atoms. The number of carbonyl (C=O) groups excluding carboxylic acids is 2. The number of rotatable bonds is 4. The van der Waals surface area contributed by atoms with Crippen molar-refractivity contribution < 1.29 is 14.0 Å². The van der Waals surface area contributed by atoms with Gasteiger partial charge in [-0.15, -0.1) is 11.3 Å². The molecule has 0 aromatic carbocycles. The fraction of sp³-hybridized carbons (Fsp3) is 0.444. The second-order valence-electron chi connectivity index (χ2n) is 6.02. The van der Waals surface area contributed by atoms with Crippen molar-refractivity contribution in [3.05, 3.63) is 46.0 Å². The first kappa shape index (κ1) is 16.0. The van der Waals surface area contributed by atoms with Crippen molar-refractivity contribution in [3.8, 4) is 0 Å². The van der Waals surface area contributed by atoms with Crippen LogP contribution in [0.15, 0.2) is 34.3 Å². The van der Waals surface area contributed by atoms with Gasteiger partial charge in [0.25, 0.3) is 0 Å². The van der Waals surface area contributed by atoms with Crippen LogP contribution in [-0.4, -0.2) is 23.1 Å². The maximum Gasteiger partial charge on any atom is 0.227 e. The lowest BCUT2D eigenvalue weighted by Gasteiger charge is -2.28. The zero-order chi connectivity index (χ0) is 16.2. The number of furan rings is 1. The molecule has 1 aliphatic rings. The molecule has 0 spiro atoms. The average Bonchev–Trinajstić information content (AvgIpc) is 3.15. The molecule has 122 valence electrons. The number of ketones is 1. The van der Waals surface area contributed by atoms with Gasteiger partial charge in [0.2, 0.25) is 5.91 Å². The highest BCUT2D eigenvalue weighted by Crippen LogP contribution is 2.31. The molecule has 23 heavy (non-hydrogen) atoms. The smallest absolute Gasteiger partial charge is 0.227 e. The van der Waals surface area contributed by atoms with Crippen LogP contribution in [0.4, 0.5) is 0 Å². The zero-order valence-electron chi connectivity index (χ0n) is 13.3. The SMILES string of the molecule is CC(=O)c1cc(CC(=O)N2CCCCC[C@H]2c2ccco2)cs1. The average molecular weight is 331 g/mol. The molecule has 1 saturated heterocycles. The van der Waals surface area contributed by atoms with Crippen LogP contribution >= 0.6 is 11.3 Å². The van der Waals surface area contributed by atoms with E-state index in [1.165, 1.54) is 11.3 Å². The monoisotopic (exact) mass is 331 g/mol. The maximum absolute atomic E-state index is 12.8. The Morgan fingerprint density at radius 3 is 2.91 bits per heavy atom. The van der Waals surface area contributed by atoms with E-state index in [4.69, 9.17) is 4.42 Å². The minimum absolute atomic E-state index is 0.0333. The molecule has 0 unspecified atom stereocenters. The Balaban J connectivity index is 1.75. The summed E-state index contributed by atoms with van der Waals surface area (Å²) < 4.78 is 5.56. The third-order valence-electron chi connectivity index (χ3n) is 4.30. The van der Waals surface area contributed by atoms with Gasteiger partial charge in [-0.05, 0) is 48.9 Å². The quantitative estimate of drug-likeness (QED) is 0.788. The van der Waals surface area contributed by atoms with Gasteiger partial charge in [0, 0.05) is 6.54 Å². The number of hydrogen-bond acceptors (Lipinski definition) is 4. The summed E-state index contributed by atoms with van der Waals surface area (Å²) in [6.45, 7) is 2.33. The Morgan fingerprint density at radius 2 is 2.22 bits per heavy atom. The standard InChI is InChI=1S/C18H21NO3S/c1-13(20)17-10-14(12-23-17)11-18(21)19-8-4-2-3-6-15(19)16-7-5-9-22-16/h5,7,9-10,12,15H,2-4,6,8,11H2,1H3/t15-/m0/s1. The molecular formula is C18H21NO3S. The van der Waals surface area contributed by atoms with E-state index < -0.39 is 0 Å². The van der Waals surface area contributed by atoms with Crippen molar-refractivity contribution >= 4 is 23.0 Å². The summed E-state index contributed by atoms with van der Waals surface area (Å²) in [7, 11) is 0. The lowest BCUT2D eigenvalue weighted by atomic mass is 10.1. The topological polar surface area (TPSA) is 50.5 Å². The van der Waals surface area contributed by atoms with Crippen LogP contribution < -0.4 is 0 Å². The van der Waals surface area contributed by atoms with Gasteiger partial charge in [0.05, 0.1) is 23.6 Å². The van der Waals surface area contributed by atoms with Crippen LogP contribution in [0, 0.1) is 0 Å². The number of thiophene rings is 1. The summed E-state index contributed by atoms with van der Waals surface area (Å²) in [5, 5.41) is 1.91. The maximum atomic E-state index is 12.8. The normalized spacial score (nSPS) is 18.7. The Morgan fingerprint density at radius 1 is 1.35 bits per heavy atom. The molecule has 2 aromatic rings. The molecule has 1 amide bonds. The second kappa shape index (κ2) is 7.13. The van der Waals surface area contributed by atoms with Crippen LogP contribution in [0.25, 0.3) is 0 Å². The van der Waals surface area contributed by atoms with Gasteiger partial charge in [-0.3, -0.25) is 9.59 Å². The fourth-order valence-corrected chi connectivity index (χ4v) is 3.93. The summed E-state index contributed by atoms with van der Waals surface area (Å²) in [6.07, 6.45) is 6.25. The van der Waals surface area contributed by atoms with Crippen molar-refractivity contribution in [1.29, 1.82) is 0 Å². The minimum atomic E-state index is 0.0333. The van der Waals surface area contributed by atoms with Crippen molar-refractivity contribution in [2.75, 3.05) is 6.54 Å². The Hall–Kier alpha value is -1.88. The Labute approximate surface area is 140 Å². The first-order chi connectivity index (χ1) is 11.1. The first-order valence-electron chi connectivity index (χ1n) is 8.06. The van der Waals surface area contributed by atoms with E-state index in [0.29, 0.717) is 11.3 Å². The Bertz CT molecular complexity index is 674. The van der Waals surface area contributed by atoms with Crippen LogP contribution in [0.1, 0.15) is 59.6 Å². The third-order valence-corrected chi connectivity index (χ3v) is 5.38. The number of hydrogen-bond donors (Lipinski definition) is 0. The van der Waals surface area contributed by atoms with Crippen LogP contribution in [-0.2, 0) is 11.2 Å². The number of likely N-dealkylation sites (tertiary alicyclic amines) is 1. The number of amides is 1. The van der Waals surface area contributed by atoms with Gasteiger partial charge in [-0.25, -0.2) is 0 Å². The lowest BCUT2D eigenvalue weighted by molar-refractivity contribution is -0.133. The highest BCUT2D eigenvalue weighted by atomic mass is 32.1. The number of Topliss-reactive ketones (excluding diaryl/α,β-unsaturated/α-hetero) is 1. The Kier molecular flexibility index (Phi) is 4.96. The molecule has 0 N–H and O–H groups in total. The summed E-state index contributed by atoms with van der Waals surface area (Å²) in [5.41, 5.74) is 0.924. The molecule has 1 aliphatic heterocycles. The highest BCUT2D eigenvalue weighted by Gasteiger charge is 2.28. The predicted molar refractivity (Wildman–Crippen MR) is 89.7 cm³/mol. The number of nitrogens with zero attached hydrogens (tertiary/aromatic N) is 1. The van der Waals surface area contributed by atoms with E-state index >= 15 is 0 Å². The van der Waals surface area contributed by atoms with Crippen molar-refractivity contribution in [2.24, 2.45) is 0 Å². The predicted octanol–water partition coefficient (Wildman–Crippen LogP) is 4.23. The van der Waals surface area contributed by atoms with Crippen molar-refractivity contribution in [1.82, 2.24) is 4.90 Å². The van der Waals surface area contributed by atoms with Gasteiger partial charge in [0.15, 0.2) is 5.78 Å². The van der Waals surface area contributed by atoms with Crippen LogP contribution in [0.5, 0.6) is 0 Å². The van der Waals surface area contributed by atoms with Crippen LogP contribution in [0.2, 0.25) is 0 Å². The van der Waals surface area contributed by atoms with Gasteiger partial charge in [0.1, 0.15) is 5.76 Å². The molecule has 0 saturated carbocycles. The van der Waals surface area contributed by atoms with Gasteiger partial charge >= 0.3 is 0 Å². The van der Waals surface area contributed by atoms with Gasteiger partial charge in [-0.2, -0.15) is 0 Å². The fourth-order valence-electron chi connectivity index (χ4n) is 3.11. The van der Waals surface area contributed by atoms with E-state index in [1.54, 1.807) is 13.2 Å². The summed E-state index contributed by atoms with van der Waals surface area (Å²) in [5.74, 6) is 1.04. The molecule has 3 rings (SSSR count). The number of carbonyl (C=O) groups is 2. The summed E-state index contributed by atoms with van der Waals surface area (Å²) >= 11 is 1.41. The first-order valence-corrected chi connectivity index (χ1v) is 8.94. The highest BCUT2D eigenvalue weighted by molar-refractivity contribution is 7.12. The molecule has 1 fully saturated rings. The molecule has 5 heteroatoms. The largest absolute Gasteiger partial charge is 0.467 e. The molecule has 1 atom stereocenters. The minimum Gasteiger partial charge on any atom is -0.467 e. The summed E-state index contributed by atoms with van der Waals surface area (Å²) in [6, 6.07) is 5.70. The molecule has 0 aliphatic carbocycles. The van der Waals surface area contributed by atoms with Crippen LogP contribution in [0.3, 0.4) is 0 Å². The van der Waals surface area contributed by atoms with E-state index in [-0.39, 0.29) is 17.7 Å².